The van der Waals surface area contributed by atoms with Crippen LogP contribution in [0.5, 0.6) is 0 Å². The zero-order valence-corrected chi connectivity index (χ0v) is 16.9. The molecule has 1 aromatic carbocycles. The van der Waals surface area contributed by atoms with Crippen molar-refractivity contribution in [2.24, 2.45) is 5.41 Å². The molecule has 0 spiro atoms. The Balaban J connectivity index is 1.66. The molecule has 3 rings (SSSR count). The highest BCUT2D eigenvalue weighted by molar-refractivity contribution is 8.00. The van der Waals surface area contributed by atoms with Crippen molar-refractivity contribution >= 4 is 17.7 Å². The predicted octanol–water partition coefficient (Wildman–Crippen LogP) is 3.53. The number of aryl methyl sites for hydroxylation is 1. The van der Waals surface area contributed by atoms with Gasteiger partial charge < -0.3 is 15.4 Å². The molecule has 5 heteroatoms. The van der Waals surface area contributed by atoms with Crippen molar-refractivity contribution in [1.82, 2.24) is 10.6 Å². The van der Waals surface area contributed by atoms with E-state index in [0.717, 1.165) is 32.5 Å². The van der Waals surface area contributed by atoms with Gasteiger partial charge in [0, 0.05) is 23.3 Å². The summed E-state index contributed by atoms with van der Waals surface area (Å²) in [5, 5.41) is 6.68. The first-order valence-electron chi connectivity index (χ1n) is 9.81. The van der Waals surface area contributed by atoms with E-state index in [0.29, 0.717) is 6.61 Å². The molecule has 1 saturated carbocycles. The van der Waals surface area contributed by atoms with E-state index in [1.165, 1.54) is 36.1 Å². The largest absolute Gasteiger partial charge is 0.384 e. The molecule has 26 heavy (non-hydrogen) atoms. The molecule has 0 radical (unpaired) electrons. The van der Waals surface area contributed by atoms with Crippen LogP contribution in [-0.4, -0.2) is 44.0 Å². The molecule has 4 nitrogen and oxygen atoms in total. The molecule has 1 aliphatic carbocycles. The lowest BCUT2D eigenvalue weighted by Crippen LogP contribution is -2.52. The lowest BCUT2D eigenvalue weighted by atomic mass is 9.78. The number of rotatable bonds is 7. The van der Waals surface area contributed by atoms with Gasteiger partial charge in [0.1, 0.15) is 0 Å². The second-order valence-corrected chi connectivity index (χ2v) is 9.49. The van der Waals surface area contributed by atoms with Crippen molar-refractivity contribution in [3.05, 3.63) is 29.8 Å². The maximum absolute atomic E-state index is 13.1. The van der Waals surface area contributed by atoms with Crippen LogP contribution in [0.1, 0.15) is 44.1 Å². The normalized spacial score (nSPS) is 21.5. The summed E-state index contributed by atoms with van der Waals surface area (Å²) in [4.78, 5) is 14.4. The number of methoxy groups -OCH3 is 1. The number of carbonyl (C=O) groups excluding carboxylic acids is 1. The lowest BCUT2D eigenvalue weighted by Gasteiger charge is -2.37. The molecule has 1 amide bonds. The number of hydrogen-bond acceptors (Lipinski definition) is 4. The third-order valence-electron chi connectivity index (χ3n) is 5.90. The molecular formula is C21H32N2O2S. The van der Waals surface area contributed by atoms with Gasteiger partial charge in [0.2, 0.25) is 5.91 Å². The van der Waals surface area contributed by atoms with Crippen molar-refractivity contribution in [2.45, 2.75) is 55.1 Å². The topological polar surface area (TPSA) is 50.4 Å². The van der Waals surface area contributed by atoms with Crippen molar-refractivity contribution in [1.29, 1.82) is 0 Å². The van der Waals surface area contributed by atoms with Crippen LogP contribution < -0.4 is 10.6 Å². The first-order valence-corrected chi connectivity index (χ1v) is 10.6. The Hall–Kier alpha value is -1.04. The van der Waals surface area contributed by atoms with Gasteiger partial charge in [0.15, 0.2) is 0 Å². The van der Waals surface area contributed by atoms with Crippen molar-refractivity contribution < 1.29 is 9.53 Å². The molecule has 2 N–H and O–H groups in total. The van der Waals surface area contributed by atoms with Gasteiger partial charge in [-0.25, -0.2) is 0 Å². The second-order valence-electron chi connectivity index (χ2n) is 7.95. The summed E-state index contributed by atoms with van der Waals surface area (Å²) >= 11 is 1.95. The van der Waals surface area contributed by atoms with Crippen LogP contribution in [-0.2, 0) is 9.53 Å². The van der Waals surface area contributed by atoms with Gasteiger partial charge in [0.25, 0.3) is 0 Å². The van der Waals surface area contributed by atoms with Gasteiger partial charge >= 0.3 is 0 Å². The SMILES string of the molecule is COCC1(C(=O)NCC2(Sc3ccc(C)cc3)CCCC2)CCNCC1. The van der Waals surface area contributed by atoms with E-state index >= 15 is 0 Å². The molecule has 2 aliphatic rings. The zero-order chi connectivity index (χ0) is 18.5. The van der Waals surface area contributed by atoms with Crippen molar-refractivity contribution in [2.75, 3.05) is 33.4 Å². The zero-order valence-electron chi connectivity index (χ0n) is 16.1. The minimum atomic E-state index is -0.367. The minimum Gasteiger partial charge on any atom is -0.384 e. The number of amides is 1. The van der Waals surface area contributed by atoms with Crippen LogP contribution >= 0.6 is 11.8 Å². The Morgan fingerprint density at radius 1 is 1.15 bits per heavy atom. The van der Waals surface area contributed by atoms with Crippen LogP contribution in [0, 0.1) is 12.3 Å². The Kier molecular flexibility index (Phi) is 6.65. The minimum absolute atomic E-state index is 0.131. The highest BCUT2D eigenvalue weighted by atomic mass is 32.2. The van der Waals surface area contributed by atoms with Crippen LogP contribution in [0.4, 0.5) is 0 Å². The number of carbonyl (C=O) groups is 1. The molecule has 1 aliphatic heterocycles. The maximum Gasteiger partial charge on any atom is 0.228 e. The van der Waals surface area contributed by atoms with Gasteiger partial charge in [-0.05, 0) is 57.8 Å². The molecular weight excluding hydrogens is 344 g/mol. The van der Waals surface area contributed by atoms with E-state index in [1.807, 2.05) is 11.8 Å². The van der Waals surface area contributed by atoms with E-state index in [4.69, 9.17) is 4.74 Å². The summed E-state index contributed by atoms with van der Waals surface area (Å²) in [6.45, 7) is 5.16. The number of hydrogen-bond donors (Lipinski definition) is 2. The van der Waals surface area contributed by atoms with Gasteiger partial charge in [-0.1, -0.05) is 30.5 Å². The molecule has 2 fully saturated rings. The summed E-state index contributed by atoms with van der Waals surface area (Å²) in [6.07, 6.45) is 6.55. The van der Waals surface area contributed by atoms with E-state index in [-0.39, 0.29) is 16.1 Å². The van der Waals surface area contributed by atoms with Gasteiger partial charge in [0.05, 0.1) is 12.0 Å². The fourth-order valence-corrected chi connectivity index (χ4v) is 5.65. The number of benzene rings is 1. The molecule has 0 bridgehead atoms. The first-order chi connectivity index (χ1) is 12.6. The average Bonchev–Trinajstić information content (AvgIpc) is 3.11. The molecule has 144 valence electrons. The Morgan fingerprint density at radius 2 is 1.81 bits per heavy atom. The highest BCUT2D eigenvalue weighted by Crippen LogP contribution is 2.45. The quantitative estimate of drug-likeness (QED) is 0.764. The van der Waals surface area contributed by atoms with Crippen LogP contribution in [0.25, 0.3) is 0 Å². The van der Waals surface area contributed by atoms with E-state index in [2.05, 4.69) is 41.8 Å². The smallest absolute Gasteiger partial charge is 0.228 e. The van der Waals surface area contributed by atoms with Crippen molar-refractivity contribution in [3.63, 3.8) is 0 Å². The van der Waals surface area contributed by atoms with E-state index < -0.39 is 0 Å². The fourth-order valence-electron chi connectivity index (χ4n) is 4.24. The number of ether oxygens (including phenoxy) is 1. The van der Waals surface area contributed by atoms with Crippen LogP contribution in [0.2, 0.25) is 0 Å². The molecule has 0 atom stereocenters. The van der Waals surface area contributed by atoms with Gasteiger partial charge in [-0.2, -0.15) is 0 Å². The maximum atomic E-state index is 13.1. The first kappa shape index (κ1) is 19.7. The lowest BCUT2D eigenvalue weighted by molar-refractivity contribution is -0.136. The summed E-state index contributed by atoms with van der Waals surface area (Å²) in [5.74, 6) is 0.177. The Morgan fingerprint density at radius 3 is 2.42 bits per heavy atom. The Bertz CT molecular complexity index is 585. The molecule has 1 heterocycles. The summed E-state index contributed by atoms with van der Waals surface area (Å²) in [6, 6.07) is 8.76. The average molecular weight is 377 g/mol. The third kappa shape index (κ3) is 4.62. The third-order valence-corrected chi connectivity index (χ3v) is 7.40. The summed E-state index contributed by atoms with van der Waals surface area (Å²) < 4.78 is 5.55. The molecule has 1 aromatic rings. The number of piperidine rings is 1. The highest BCUT2D eigenvalue weighted by Gasteiger charge is 2.42. The predicted molar refractivity (Wildman–Crippen MR) is 108 cm³/mol. The number of thioether (sulfide) groups is 1. The Labute approximate surface area is 161 Å². The van der Waals surface area contributed by atoms with Gasteiger partial charge in [-0.15, -0.1) is 11.8 Å². The summed E-state index contributed by atoms with van der Waals surface area (Å²) in [5.41, 5.74) is 0.921. The second kappa shape index (κ2) is 8.77. The van der Waals surface area contributed by atoms with Gasteiger partial charge in [-0.3, -0.25) is 4.79 Å². The van der Waals surface area contributed by atoms with E-state index in [1.54, 1.807) is 7.11 Å². The van der Waals surface area contributed by atoms with E-state index in [9.17, 15) is 4.79 Å². The standard InChI is InChI=1S/C21H32N2O2S/c1-17-5-7-18(8-6-17)26-21(9-3-4-10-21)15-23-19(24)20(16-25-2)11-13-22-14-12-20/h5-8,22H,3-4,9-16H2,1-2H3,(H,23,24). The van der Waals surface area contributed by atoms with Crippen molar-refractivity contribution in [3.8, 4) is 0 Å². The summed E-state index contributed by atoms with van der Waals surface area (Å²) in [7, 11) is 1.70. The fraction of sp³-hybridized carbons (Fsp3) is 0.667. The number of nitrogens with one attached hydrogen (secondary N) is 2. The monoisotopic (exact) mass is 376 g/mol. The van der Waals surface area contributed by atoms with Crippen LogP contribution in [0.3, 0.4) is 0 Å². The molecule has 0 unspecified atom stereocenters. The molecule has 0 aromatic heterocycles. The molecule has 1 saturated heterocycles. The van der Waals surface area contributed by atoms with Crippen LogP contribution in [0.15, 0.2) is 29.2 Å².